The Morgan fingerprint density at radius 1 is 1.43 bits per heavy atom. The van der Waals surface area contributed by atoms with E-state index in [0.717, 1.165) is 5.69 Å². The van der Waals surface area contributed by atoms with Gasteiger partial charge in [0.15, 0.2) is 0 Å². The van der Waals surface area contributed by atoms with Crippen LogP contribution >= 0.6 is 22.9 Å². The van der Waals surface area contributed by atoms with Crippen LogP contribution in [0.4, 0.5) is 0 Å². The monoisotopic (exact) mass is 225 g/mol. The third-order valence-corrected chi connectivity index (χ3v) is 3.60. The number of aromatic nitrogens is 2. The first-order valence-electron chi connectivity index (χ1n) is 4.32. The van der Waals surface area contributed by atoms with Crippen molar-refractivity contribution in [3.63, 3.8) is 0 Å². The number of hydrogen-bond donors (Lipinski definition) is 1. The van der Waals surface area contributed by atoms with E-state index in [9.17, 15) is 0 Å². The molecule has 14 heavy (non-hydrogen) atoms. The molecule has 0 aliphatic rings. The molecule has 2 heterocycles. The number of hydrogen-bond acceptors (Lipinski definition) is 5. The topological polar surface area (TPSA) is 37.8 Å². The number of thiophene rings is 1. The Balaban J connectivity index is 2.31. The van der Waals surface area contributed by atoms with E-state index in [1.165, 1.54) is 21.3 Å². The summed E-state index contributed by atoms with van der Waals surface area (Å²) >= 11 is 3.18. The first-order chi connectivity index (χ1) is 6.81. The minimum Gasteiger partial charge on any atom is -0.307 e. The fourth-order valence-corrected chi connectivity index (χ4v) is 2.82. The average molecular weight is 225 g/mol. The number of nitrogens with zero attached hydrogens (tertiary/aromatic N) is 2. The smallest absolute Gasteiger partial charge is 0.0978 e. The molecule has 0 aromatic carbocycles. The number of rotatable bonds is 3. The quantitative estimate of drug-likeness (QED) is 0.870. The zero-order valence-electron chi connectivity index (χ0n) is 8.02. The Bertz CT molecular complexity index is 394. The van der Waals surface area contributed by atoms with Gasteiger partial charge < -0.3 is 5.32 Å². The molecule has 0 aliphatic heterocycles. The molecular weight excluding hydrogens is 214 g/mol. The van der Waals surface area contributed by atoms with Gasteiger partial charge in [0.2, 0.25) is 0 Å². The van der Waals surface area contributed by atoms with Crippen molar-refractivity contribution in [1.29, 1.82) is 0 Å². The molecular formula is C9H11N3S2. The van der Waals surface area contributed by atoms with Gasteiger partial charge in [-0.2, -0.15) is 0 Å². The van der Waals surface area contributed by atoms with E-state index in [1.54, 1.807) is 11.3 Å². The molecule has 1 atom stereocenters. The highest BCUT2D eigenvalue weighted by atomic mass is 32.1. The Kier molecular flexibility index (Phi) is 2.90. The maximum absolute atomic E-state index is 4.09. The molecule has 3 nitrogen and oxygen atoms in total. The second-order valence-electron chi connectivity index (χ2n) is 3.00. The van der Waals surface area contributed by atoms with Crippen molar-refractivity contribution in [3.8, 4) is 0 Å². The number of aryl methyl sites for hydroxylation is 1. The molecule has 74 valence electrons. The number of nitrogens with one attached hydrogen (secondary N) is 1. The van der Waals surface area contributed by atoms with E-state index in [4.69, 9.17) is 0 Å². The van der Waals surface area contributed by atoms with E-state index in [0.29, 0.717) is 0 Å². The van der Waals surface area contributed by atoms with Crippen molar-refractivity contribution in [2.45, 2.75) is 13.0 Å². The Hall–Kier alpha value is -0.780. The van der Waals surface area contributed by atoms with Crippen LogP contribution in [0.1, 0.15) is 21.5 Å². The van der Waals surface area contributed by atoms with Gasteiger partial charge in [0.25, 0.3) is 0 Å². The summed E-state index contributed by atoms with van der Waals surface area (Å²) < 4.78 is 3.88. The Morgan fingerprint density at radius 3 is 2.79 bits per heavy atom. The molecule has 1 N–H and O–H groups in total. The van der Waals surface area contributed by atoms with Crippen LogP contribution < -0.4 is 5.32 Å². The van der Waals surface area contributed by atoms with Crippen molar-refractivity contribution in [3.05, 3.63) is 33.0 Å². The molecule has 0 spiro atoms. The summed E-state index contributed by atoms with van der Waals surface area (Å²) in [7, 11) is 1.94. The second kappa shape index (κ2) is 4.16. The Labute approximate surface area is 91.0 Å². The van der Waals surface area contributed by atoms with Gasteiger partial charge in [0.05, 0.1) is 11.7 Å². The molecule has 0 bridgehead atoms. The minimum absolute atomic E-state index is 0.187. The summed E-state index contributed by atoms with van der Waals surface area (Å²) in [6.07, 6.45) is 0. The molecule has 0 fully saturated rings. The van der Waals surface area contributed by atoms with Crippen molar-refractivity contribution >= 4 is 22.9 Å². The lowest BCUT2D eigenvalue weighted by Crippen LogP contribution is -2.16. The van der Waals surface area contributed by atoms with Crippen molar-refractivity contribution in [2.24, 2.45) is 0 Å². The average Bonchev–Trinajstić information content (AvgIpc) is 2.79. The van der Waals surface area contributed by atoms with Crippen LogP contribution in [-0.2, 0) is 0 Å². The maximum Gasteiger partial charge on any atom is 0.0978 e. The molecule has 0 saturated carbocycles. The highest BCUT2D eigenvalue weighted by Gasteiger charge is 2.15. The van der Waals surface area contributed by atoms with Gasteiger partial charge in [-0.25, -0.2) is 0 Å². The van der Waals surface area contributed by atoms with Gasteiger partial charge in [-0.05, 0) is 37.6 Å². The lowest BCUT2D eigenvalue weighted by Gasteiger charge is -2.10. The highest BCUT2D eigenvalue weighted by Crippen LogP contribution is 2.27. The maximum atomic E-state index is 4.09. The van der Waals surface area contributed by atoms with Crippen LogP contribution in [0.25, 0.3) is 0 Å². The molecule has 0 amide bonds. The predicted octanol–water partition coefficient (Wildman–Crippen LogP) is 2.22. The first-order valence-corrected chi connectivity index (χ1v) is 5.97. The molecule has 2 aromatic rings. The minimum atomic E-state index is 0.187. The van der Waals surface area contributed by atoms with Crippen molar-refractivity contribution in [1.82, 2.24) is 14.9 Å². The van der Waals surface area contributed by atoms with Crippen LogP contribution in [0.15, 0.2) is 17.5 Å². The van der Waals surface area contributed by atoms with E-state index < -0.39 is 0 Å². The van der Waals surface area contributed by atoms with Crippen molar-refractivity contribution in [2.75, 3.05) is 7.05 Å². The third kappa shape index (κ3) is 1.84. The van der Waals surface area contributed by atoms with Crippen LogP contribution in [-0.4, -0.2) is 16.6 Å². The van der Waals surface area contributed by atoms with Crippen molar-refractivity contribution < 1.29 is 0 Å². The van der Waals surface area contributed by atoms with Crippen LogP contribution in [0.5, 0.6) is 0 Å². The van der Waals surface area contributed by atoms with E-state index >= 15 is 0 Å². The molecule has 1 unspecified atom stereocenters. The second-order valence-corrected chi connectivity index (χ2v) is 4.93. The SMILES string of the molecule is CNC(c1csnn1)c1ccc(C)s1. The fourth-order valence-electron chi connectivity index (χ4n) is 1.34. The largest absolute Gasteiger partial charge is 0.307 e. The molecule has 0 radical (unpaired) electrons. The van der Waals surface area contributed by atoms with E-state index in [2.05, 4.69) is 34.0 Å². The fraction of sp³-hybridized carbons (Fsp3) is 0.333. The zero-order valence-corrected chi connectivity index (χ0v) is 9.65. The Morgan fingerprint density at radius 2 is 2.29 bits per heavy atom. The molecule has 2 aromatic heterocycles. The van der Waals surface area contributed by atoms with Gasteiger partial charge in [-0.15, -0.1) is 16.4 Å². The van der Waals surface area contributed by atoms with Gasteiger partial charge >= 0.3 is 0 Å². The van der Waals surface area contributed by atoms with Gasteiger partial charge in [0.1, 0.15) is 0 Å². The van der Waals surface area contributed by atoms with Gasteiger partial charge in [0, 0.05) is 15.1 Å². The summed E-state index contributed by atoms with van der Waals surface area (Å²) in [5.41, 5.74) is 0.999. The third-order valence-electron chi connectivity index (χ3n) is 2.01. The van der Waals surface area contributed by atoms with Gasteiger partial charge in [-0.1, -0.05) is 4.49 Å². The highest BCUT2D eigenvalue weighted by molar-refractivity contribution is 7.12. The summed E-state index contributed by atoms with van der Waals surface area (Å²) in [5, 5.41) is 9.32. The van der Waals surface area contributed by atoms with Crippen LogP contribution in [0, 0.1) is 6.92 Å². The van der Waals surface area contributed by atoms with E-state index in [-0.39, 0.29) is 6.04 Å². The molecule has 2 rings (SSSR count). The summed E-state index contributed by atoms with van der Waals surface area (Å²) in [5.74, 6) is 0. The summed E-state index contributed by atoms with van der Waals surface area (Å²) in [4.78, 5) is 2.61. The summed E-state index contributed by atoms with van der Waals surface area (Å²) in [6, 6.07) is 4.46. The molecule has 0 aliphatic carbocycles. The first kappa shape index (κ1) is 9.76. The molecule has 0 saturated heterocycles. The predicted molar refractivity (Wildman–Crippen MR) is 59.9 cm³/mol. The summed E-state index contributed by atoms with van der Waals surface area (Å²) in [6.45, 7) is 2.11. The zero-order chi connectivity index (χ0) is 9.97. The lowest BCUT2D eigenvalue weighted by atomic mass is 10.2. The van der Waals surface area contributed by atoms with E-state index in [1.807, 2.05) is 12.4 Å². The lowest BCUT2D eigenvalue weighted by molar-refractivity contribution is 0.679. The standard InChI is InChI=1S/C9H11N3S2/c1-6-3-4-8(14-6)9(10-2)7-5-13-12-11-7/h3-5,9-10H,1-2H3. The van der Waals surface area contributed by atoms with Crippen LogP contribution in [0.2, 0.25) is 0 Å². The normalized spacial score (nSPS) is 13.0. The van der Waals surface area contributed by atoms with Crippen LogP contribution in [0.3, 0.4) is 0 Å². The molecule has 5 heteroatoms. The van der Waals surface area contributed by atoms with Gasteiger partial charge in [-0.3, -0.25) is 0 Å².